The monoisotopic (exact) mass is 359 g/mol. The van der Waals surface area contributed by atoms with E-state index < -0.39 is 0 Å². The van der Waals surface area contributed by atoms with Crippen molar-refractivity contribution in [1.82, 2.24) is 24.5 Å². The Bertz CT molecular complexity index is 1130. The molecule has 4 N–H and O–H groups in total. The molecule has 1 atom stereocenters. The average molecular weight is 359 g/mol. The minimum atomic E-state index is 0.0760. The Morgan fingerprint density at radius 2 is 1.67 bits per heavy atom. The summed E-state index contributed by atoms with van der Waals surface area (Å²) < 4.78 is 2.14. The minimum Gasteiger partial charge on any atom is -0.384 e. The molecule has 0 spiro atoms. The van der Waals surface area contributed by atoms with E-state index in [1.807, 2.05) is 38.2 Å². The van der Waals surface area contributed by atoms with Crippen molar-refractivity contribution >= 4 is 22.8 Å². The van der Waals surface area contributed by atoms with Crippen LogP contribution in [0.25, 0.3) is 22.4 Å². The quantitative estimate of drug-likeness (QED) is 0.581. The Labute approximate surface area is 157 Å². The van der Waals surface area contributed by atoms with E-state index in [2.05, 4.69) is 32.5 Å². The van der Waals surface area contributed by atoms with Crippen LogP contribution in [0.4, 0.5) is 11.6 Å². The van der Waals surface area contributed by atoms with E-state index in [-0.39, 0.29) is 6.04 Å². The van der Waals surface area contributed by atoms with Crippen molar-refractivity contribution < 1.29 is 0 Å². The van der Waals surface area contributed by atoms with Crippen molar-refractivity contribution in [2.24, 2.45) is 0 Å². The molecule has 4 rings (SSSR count). The van der Waals surface area contributed by atoms with Crippen molar-refractivity contribution in [2.75, 3.05) is 11.5 Å². The topological polar surface area (TPSA) is 109 Å². The predicted octanol–water partition coefficient (Wildman–Crippen LogP) is 3.28. The number of rotatable bonds is 3. The Hall–Kier alpha value is -3.48. The number of nitrogens with zero attached hydrogens (tertiary/aromatic N) is 5. The molecule has 0 saturated heterocycles. The molecule has 0 unspecified atom stereocenters. The minimum absolute atomic E-state index is 0.0760. The maximum Gasteiger partial charge on any atom is 0.161 e. The molecule has 4 aromatic heterocycles. The number of fused-ring (bicyclic) bond motifs is 1. The lowest BCUT2D eigenvalue weighted by Gasteiger charge is -2.17. The van der Waals surface area contributed by atoms with Gasteiger partial charge in [0.2, 0.25) is 0 Å². The Morgan fingerprint density at radius 3 is 2.37 bits per heavy atom. The summed E-state index contributed by atoms with van der Waals surface area (Å²) >= 11 is 0. The van der Waals surface area contributed by atoms with Gasteiger partial charge in [-0.25, -0.2) is 15.0 Å². The molecule has 0 fully saturated rings. The molecule has 0 aliphatic heterocycles. The van der Waals surface area contributed by atoms with Crippen molar-refractivity contribution in [2.45, 2.75) is 26.8 Å². The van der Waals surface area contributed by atoms with Gasteiger partial charge in [-0.3, -0.25) is 4.98 Å². The van der Waals surface area contributed by atoms with Gasteiger partial charge in [0, 0.05) is 17.5 Å². The zero-order valence-electron chi connectivity index (χ0n) is 15.5. The second-order valence-electron chi connectivity index (χ2n) is 6.68. The summed E-state index contributed by atoms with van der Waals surface area (Å²) in [6, 6.07) is 11.6. The SMILES string of the molecule is Cc1cc([C@@H](C)n2c(C)nc3ccc(-c4cc(N)nc(N)c4)nc32)ccn1. The highest BCUT2D eigenvalue weighted by molar-refractivity contribution is 5.77. The number of hydrogen-bond donors (Lipinski definition) is 2. The van der Waals surface area contributed by atoms with Gasteiger partial charge in [-0.2, -0.15) is 0 Å². The van der Waals surface area contributed by atoms with Crippen LogP contribution in [0.2, 0.25) is 0 Å². The smallest absolute Gasteiger partial charge is 0.161 e. The highest BCUT2D eigenvalue weighted by Gasteiger charge is 2.17. The zero-order valence-corrected chi connectivity index (χ0v) is 15.5. The lowest BCUT2D eigenvalue weighted by atomic mass is 10.1. The zero-order chi connectivity index (χ0) is 19.1. The lowest BCUT2D eigenvalue weighted by Crippen LogP contribution is -2.10. The standard InChI is InChI=1S/C20H21N7/c1-11-8-14(6-7-23-11)12(2)27-13(3)24-17-5-4-16(25-20(17)27)15-9-18(21)26-19(22)10-15/h4-10,12H,1-3H3,(H4,21,22,26)/t12-/m1/s1. The van der Waals surface area contributed by atoms with Crippen LogP contribution >= 0.6 is 0 Å². The summed E-state index contributed by atoms with van der Waals surface area (Å²) in [5.74, 6) is 1.65. The molecule has 136 valence electrons. The van der Waals surface area contributed by atoms with Gasteiger partial charge in [-0.05, 0) is 62.7 Å². The third kappa shape index (κ3) is 3.08. The van der Waals surface area contributed by atoms with Crippen molar-refractivity contribution in [3.05, 3.63) is 59.7 Å². The van der Waals surface area contributed by atoms with Crippen LogP contribution in [-0.4, -0.2) is 24.5 Å². The predicted molar refractivity (Wildman–Crippen MR) is 107 cm³/mol. The fourth-order valence-corrected chi connectivity index (χ4v) is 3.41. The van der Waals surface area contributed by atoms with Crippen molar-refractivity contribution in [1.29, 1.82) is 0 Å². The van der Waals surface area contributed by atoms with Crippen LogP contribution in [-0.2, 0) is 0 Å². The first-order valence-corrected chi connectivity index (χ1v) is 8.74. The second kappa shape index (κ2) is 6.35. The van der Waals surface area contributed by atoms with Gasteiger partial charge in [0.1, 0.15) is 23.0 Å². The first-order chi connectivity index (χ1) is 12.9. The fourth-order valence-electron chi connectivity index (χ4n) is 3.41. The molecule has 0 amide bonds. The van der Waals surface area contributed by atoms with Gasteiger partial charge in [-0.15, -0.1) is 0 Å². The van der Waals surface area contributed by atoms with Gasteiger partial charge in [0.15, 0.2) is 5.65 Å². The average Bonchev–Trinajstić information content (AvgIpc) is 2.95. The second-order valence-corrected chi connectivity index (χ2v) is 6.68. The molecule has 27 heavy (non-hydrogen) atoms. The molecule has 0 aliphatic rings. The summed E-state index contributed by atoms with van der Waals surface area (Å²) in [5, 5.41) is 0. The number of pyridine rings is 3. The molecule has 0 bridgehead atoms. The van der Waals surface area contributed by atoms with Crippen LogP contribution in [0.3, 0.4) is 0 Å². The summed E-state index contributed by atoms with van der Waals surface area (Å²) in [4.78, 5) is 17.9. The highest BCUT2D eigenvalue weighted by atomic mass is 15.1. The Morgan fingerprint density at radius 1 is 0.926 bits per heavy atom. The third-order valence-electron chi connectivity index (χ3n) is 4.66. The van der Waals surface area contributed by atoms with Gasteiger partial charge in [0.25, 0.3) is 0 Å². The summed E-state index contributed by atoms with van der Waals surface area (Å²) in [5.41, 5.74) is 17.1. The van der Waals surface area contributed by atoms with Gasteiger partial charge in [0.05, 0.1) is 11.7 Å². The third-order valence-corrected chi connectivity index (χ3v) is 4.66. The molecule has 0 aromatic carbocycles. The molecule has 0 saturated carbocycles. The molecular formula is C20H21N7. The van der Waals surface area contributed by atoms with Crippen LogP contribution in [0.15, 0.2) is 42.6 Å². The molecule has 0 radical (unpaired) electrons. The number of nitrogens with two attached hydrogens (primary N) is 2. The fraction of sp³-hybridized carbons (Fsp3) is 0.200. The van der Waals surface area contributed by atoms with Crippen molar-refractivity contribution in [3.8, 4) is 11.3 Å². The van der Waals surface area contributed by atoms with E-state index in [1.54, 1.807) is 12.1 Å². The van der Waals surface area contributed by atoms with Crippen LogP contribution < -0.4 is 11.5 Å². The Kier molecular flexibility index (Phi) is 3.99. The van der Waals surface area contributed by atoms with E-state index >= 15 is 0 Å². The number of hydrogen-bond acceptors (Lipinski definition) is 6. The Balaban J connectivity index is 1.87. The highest BCUT2D eigenvalue weighted by Crippen LogP contribution is 2.28. The number of anilines is 2. The molecule has 0 aliphatic carbocycles. The molecular weight excluding hydrogens is 338 g/mol. The number of aromatic nitrogens is 5. The molecule has 7 nitrogen and oxygen atoms in total. The van der Waals surface area contributed by atoms with Gasteiger partial charge < -0.3 is 16.0 Å². The maximum absolute atomic E-state index is 5.84. The summed E-state index contributed by atoms with van der Waals surface area (Å²) in [6.45, 7) is 6.12. The first-order valence-electron chi connectivity index (χ1n) is 8.74. The molecule has 4 aromatic rings. The van der Waals surface area contributed by atoms with E-state index in [1.165, 1.54) is 0 Å². The van der Waals surface area contributed by atoms with E-state index in [0.29, 0.717) is 11.6 Å². The van der Waals surface area contributed by atoms with Crippen molar-refractivity contribution in [3.63, 3.8) is 0 Å². The van der Waals surface area contributed by atoms with E-state index in [0.717, 1.165) is 39.5 Å². The normalized spacial score (nSPS) is 12.4. The van der Waals surface area contributed by atoms with Crippen LogP contribution in [0, 0.1) is 13.8 Å². The summed E-state index contributed by atoms with van der Waals surface area (Å²) in [7, 11) is 0. The number of imidazole rings is 1. The van der Waals surface area contributed by atoms with Crippen LogP contribution in [0.5, 0.6) is 0 Å². The maximum atomic E-state index is 5.84. The van der Waals surface area contributed by atoms with Crippen LogP contribution in [0.1, 0.15) is 30.0 Å². The van der Waals surface area contributed by atoms with Gasteiger partial charge in [-0.1, -0.05) is 0 Å². The molecule has 4 heterocycles. The van der Waals surface area contributed by atoms with E-state index in [4.69, 9.17) is 16.5 Å². The summed E-state index contributed by atoms with van der Waals surface area (Å²) in [6.07, 6.45) is 1.83. The van der Waals surface area contributed by atoms with Gasteiger partial charge >= 0.3 is 0 Å². The van der Waals surface area contributed by atoms with E-state index in [9.17, 15) is 0 Å². The first kappa shape index (κ1) is 17.0. The molecule has 7 heteroatoms. The number of nitrogen functional groups attached to an aromatic ring is 2. The largest absolute Gasteiger partial charge is 0.384 e. The lowest BCUT2D eigenvalue weighted by molar-refractivity contribution is 0.631. The number of aryl methyl sites for hydroxylation is 2.